The molecule has 200 valence electrons. The van der Waals surface area contributed by atoms with Crippen LogP contribution in [0.1, 0.15) is 42.1 Å². The number of benzene rings is 2. The molecule has 1 aliphatic rings. The van der Waals surface area contributed by atoms with Crippen molar-refractivity contribution in [1.82, 2.24) is 20.0 Å². The third-order valence-corrected chi connectivity index (χ3v) is 6.98. The van der Waals surface area contributed by atoms with Crippen molar-refractivity contribution in [2.24, 2.45) is 0 Å². The molecule has 1 aromatic heterocycles. The van der Waals surface area contributed by atoms with Gasteiger partial charge in [0.25, 0.3) is 5.91 Å². The van der Waals surface area contributed by atoms with Gasteiger partial charge in [0.15, 0.2) is 5.82 Å². The van der Waals surface area contributed by atoms with Crippen molar-refractivity contribution in [2.45, 2.75) is 33.1 Å². The van der Waals surface area contributed by atoms with Crippen LogP contribution in [-0.4, -0.2) is 78.2 Å². The molecule has 8 nitrogen and oxygen atoms in total. The van der Waals surface area contributed by atoms with Crippen LogP contribution < -0.4 is 9.64 Å². The average molecular weight is 516 g/mol. The van der Waals surface area contributed by atoms with E-state index in [2.05, 4.69) is 22.0 Å². The van der Waals surface area contributed by atoms with Crippen molar-refractivity contribution >= 4 is 17.6 Å². The molecule has 8 heteroatoms. The molecule has 0 saturated carbocycles. The van der Waals surface area contributed by atoms with E-state index in [9.17, 15) is 9.59 Å². The number of unbranched alkanes of at least 4 members (excludes halogenated alkanes) is 1. The van der Waals surface area contributed by atoms with Gasteiger partial charge in [0.2, 0.25) is 5.91 Å². The molecule has 1 saturated heterocycles. The van der Waals surface area contributed by atoms with E-state index in [0.29, 0.717) is 31.7 Å². The van der Waals surface area contributed by atoms with Gasteiger partial charge in [-0.05, 0) is 67.8 Å². The van der Waals surface area contributed by atoms with Crippen LogP contribution in [0.5, 0.6) is 5.75 Å². The van der Waals surface area contributed by atoms with Crippen LogP contribution >= 0.6 is 0 Å². The van der Waals surface area contributed by atoms with Crippen LogP contribution in [0.15, 0.2) is 60.7 Å². The molecule has 0 spiro atoms. The highest BCUT2D eigenvalue weighted by molar-refractivity contribution is 5.97. The molecule has 4 rings (SSSR count). The summed E-state index contributed by atoms with van der Waals surface area (Å²) in [6, 6.07) is 19.3. The van der Waals surface area contributed by atoms with Crippen LogP contribution in [0.2, 0.25) is 0 Å². The quantitative estimate of drug-likeness (QED) is 0.419. The van der Waals surface area contributed by atoms with Crippen LogP contribution in [-0.2, 0) is 4.79 Å². The van der Waals surface area contributed by atoms with E-state index in [-0.39, 0.29) is 18.4 Å². The predicted molar refractivity (Wildman–Crippen MR) is 149 cm³/mol. The standard InChI is InChI=1S/C30H37N5O3/c1-4-5-17-35(30(37)26-10-7-6-9-23(26)2)22-29(36)34-19-8-18-33(20-21-34)28-16-15-27(31-32-28)24-11-13-25(38-3)14-12-24/h6-7,9-16H,4-5,8,17-22H2,1-3H3. The van der Waals surface area contributed by atoms with Gasteiger partial charge in [0, 0.05) is 43.9 Å². The number of methoxy groups -OCH3 is 1. The second kappa shape index (κ2) is 13.0. The summed E-state index contributed by atoms with van der Waals surface area (Å²) >= 11 is 0. The normalized spacial score (nSPS) is 13.7. The zero-order chi connectivity index (χ0) is 26.9. The average Bonchev–Trinajstić information content (AvgIpc) is 3.22. The molecule has 1 aliphatic heterocycles. The van der Waals surface area contributed by atoms with Crippen LogP contribution in [0.4, 0.5) is 5.82 Å². The largest absolute Gasteiger partial charge is 0.497 e. The zero-order valence-electron chi connectivity index (χ0n) is 22.6. The van der Waals surface area contributed by atoms with Crippen molar-refractivity contribution in [3.8, 4) is 17.0 Å². The first-order valence-corrected chi connectivity index (χ1v) is 13.4. The lowest BCUT2D eigenvalue weighted by Crippen LogP contribution is -2.44. The minimum Gasteiger partial charge on any atom is -0.497 e. The molecule has 2 amide bonds. The number of rotatable bonds is 9. The first-order chi connectivity index (χ1) is 18.5. The minimum atomic E-state index is -0.0754. The Kier molecular flexibility index (Phi) is 9.30. The van der Waals surface area contributed by atoms with Gasteiger partial charge in [-0.15, -0.1) is 10.2 Å². The first-order valence-electron chi connectivity index (χ1n) is 13.4. The maximum atomic E-state index is 13.3. The Bertz CT molecular complexity index is 1210. The number of carbonyl (C=O) groups is 2. The number of amides is 2. The molecular weight excluding hydrogens is 478 g/mol. The molecule has 3 aromatic rings. The molecule has 0 unspecified atom stereocenters. The monoisotopic (exact) mass is 515 g/mol. The summed E-state index contributed by atoms with van der Waals surface area (Å²) in [5, 5.41) is 8.90. The number of aromatic nitrogens is 2. The van der Waals surface area contributed by atoms with Gasteiger partial charge in [-0.1, -0.05) is 31.5 Å². The minimum absolute atomic E-state index is 0.00850. The Hall–Kier alpha value is -3.94. The van der Waals surface area contributed by atoms with Gasteiger partial charge < -0.3 is 19.4 Å². The Morgan fingerprint density at radius 1 is 0.947 bits per heavy atom. The van der Waals surface area contributed by atoms with Gasteiger partial charge in [-0.3, -0.25) is 9.59 Å². The number of anilines is 1. The number of aryl methyl sites for hydroxylation is 1. The van der Waals surface area contributed by atoms with E-state index in [4.69, 9.17) is 4.74 Å². The summed E-state index contributed by atoms with van der Waals surface area (Å²) in [5.74, 6) is 1.52. The molecule has 0 N–H and O–H groups in total. The number of hydrogen-bond acceptors (Lipinski definition) is 6. The van der Waals surface area contributed by atoms with Gasteiger partial charge in [0.05, 0.1) is 12.8 Å². The first kappa shape index (κ1) is 27.1. The third kappa shape index (κ3) is 6.68. The maximum absolute atomic E-state index is 13.3. The Morgan fingerprint density at radius 3 is 2.42 bits per heavy atom. The molecule has 2 aromatic carbocycles. The fourth-order valence-electron chi connectivity index (χ4n) is 4.65. The summed E-state index contributed by atoms with van der Waals surface area (Å²) in [7, 11) is 1.65. The van der Waals surface area contributed by atoms with E-state index < -0.39 is 0 Å². The molecule has 0 radical (unpaired) electrons. The molecule has 0 atom stereocenters. The van der Waals surface area contributed by atoms with Crippen LogP contribution in [0, 0.1) is 6.92 Å². The SMILES string of the molecule is CCCCN(CC(=O)N1CCCN(c2ccc(-c3ccc(OC)cc3)nn2)CC1)C(=O)c1ccccc1C. The molecule has 38 heavy (non-hydrogen) atoms. The second-order valence-corrected chi connectivity index (χ2v) is 9.62. The summed E-state index contributed by atoms with van der Waals surface area (Å²) in [6.07, 6.45) is 2.65. The number of carbonyl (C=O) groups excluding carboxylic acids is 2. The highest BCUT2D eigenvalue weighted by Crippen LogP contribution is 2.22. The van der Waals surface area contributed by atoms with Crippen molar-refractivity contribution in [1.29, 1.82) is 0 Å². The number of ether oxygens (including phenoxy) is 1. The van der Waals surface area contributed by atoms with E-state index in [1.54, 1.807) is 12.0 Å². The Morgan fingerprint density at radius 2 is 1.74 bits per heavy atom. The molecule has 1 fully saturated rings. The van der Waals surface area contributed by atoms with Gasteiger partial charge in [0.1, 0.15) is 12.3 Å². The van der Waals surface area contributed by atoms with E-state index >= 15 is 0 Å². The Balaban J connectivity index is 1.37. The third-order valence-electron chi connectivity index (χ3n) is 6.98. The van der Waals surface area contributed by atoms with Crippen molar-refractivity contribution < 1.29 is 14.3 Å². The zero-order valence-corrected chi connectivity index (χ0v) is 22.6. The summed E-state index contributed by atoms with van der Waals surface area (Å²) < 4.78 is 5.23. The Labute approximate surface area is 225 Å². The number of hydrogen-bond donors (Lipinski definition) is 0. The van der Waals surface area contributed by atoms with Gasteiger partial charge in [-0.25, -0.2) is 0 Å². The van der Waals surface area contributed by atoms with E-state index in [0.717, 1.165) is 54.2 Å². The predicted octanol–water partition coefficient (Wildman–Crippen LogP) is 4.44. The van der Waals surface area contributed by atoms with E-state index in [1.807, 2.05) is 72.5 Å². The molecular formula is C30H37N5O3. The lowest BCUT2D eigenvalue weighted by Gasteiger charge is -2.27. The smallest absolute Gasteiger partial charge is 0.254 e. The molecule has 0 bridgehead atoms. The summed E-state index contributed by atoms with van der Waals surface area (Å²) in [5.41, 5.74) is 3.37. The number of nitrogens with zero attached hydrogens (tertiary/aromatic N) is 5. The van der Waals surface area contributed by atoms with Crippen molar-refractivity contribution in [3.05, 3.63) is 71.8 Å². The van der Waals surface area contributed by atoms with Crippen LogP contribution in [0.25, 0.3) is 11.3 Å². The highest BCUT2D eigenvalue weighted by Gasteiger charge is 2.25. The van der Waals surface area contributed by atoms with E-state index in [1.165, 1.54) is 0 Å². The lowest BCUT2D eigenvalue weighted by atomic mass is 10.1. The lowest BCUT2D eigenvalue weighted by molar-refractivity contribution is -0.131. The van der Waals surface area contributed by atoms with Crippen molar-refractivity contribution in [2.75, 3.05) is 51.3 Å². The topological polar surface area (TPSA) is 78.9 Å². The highest BCUT2D eigenvalue weighted by atomic mass is 16.5. The molecule has 2 heterocycles. The van der Waals surface area contributed by atoms with Gasteiger partial charge in [-0.2, -0.15) is 0 Å². The summed E-state index contributed by atoms with van der Waals surface area (Å²) in [4.78, 5) is 32.4. The van der Waals surface area contributed by atoms with Crippen LogP contribution in [0.3, 0.4) is 0 Å². The second-order valence-electron chi connectivity index (χ2n) is 9.62. The maximum Gasteiger partial charge on any atom is 0.254 e. The molecule has 0 aliphatic carbocycles. The summed E-state index contributed by atoms with van der Waals surface area (Å²) in [6.45, 7) is 7.41. The fraction of sp³-hybridized carbons (Fsp3) is 0.400. The van der Waals surface area contributed by atoms with Gasteiger partial charge >= 0.3 is 0 Å². The van der Waals surface area contributed by atoms with Crippen molar-refractivity contribution in [3.63, 3.8) is 0 Å². The fourth-order valence-corrected chi connectivity index (χ4v) is 4.65.